The summed E-state index contributed by atoms with van der Waals surface area (Å²) < 4.78 is 16.0. The maximum atomic E-state index is 13.0. The van der Waals surface area contributed by atoms with Gasteiger partial charge in [-0.2, -0.15) is 0 Å². The Bertz CT molecular complexity index is 1040. The number of ether oxygens (including phenoxy) is 3. The SMILES string of the molecule is COCCN1C(=O)C(=O)/C(=C(\O)c2ccc(OCC(C)C)cc2)C1c1ccc(O)c(OC)c1. The number of hydrogen-bond acceptors (Lipinski definition) is 7. The van der Waals surface area contributed by atoms with Crippen LogP contribution in [0.1, 0.15) is 31.0 Å². The first-order valence-electron chi connectivity index (χ1n) is 10.7. The fraction of sp³-hybridized carbons (Fsp3) is 0.360. The van der Waals surface area contributed by atoms with Gasteiger partial charge < -0.3 is 29.3 Å². The Morgan fingerprint density at radius 3 is 2.39 bits per heavy atom. The third-order valence-corrected chi connectivity index (χ3v) is 5.31. The number of nitrogens with zero attached hydrogens (tertiary/aromatic N) is 1. The van der Waals surface area contributed by atoms with E-state index in [-0.39, 0.29) is 36.0 Å². The van der Waals surface area contributed by atoms with Gasteiger partial charge in [0, 0.05) is 19.2 Å². The van der Waals surface area contributed by atoms with Crippen molar-refractivity contribution in [3.8, 4) is 17.2 Å². The molecule has 1 amide bonds. The van der Waals surface area contributed by atoms with Gasteiger partial charge in [-0.1, -0.05) is 19.9 Å². The summed E-state index contributed by atoms with van der Waals surface area (Å²) in [6.07, 6.45) is 0. The van der Waals surface area contributed by atoms with Crippen molar-refractivity contribution in [2.24, 2.45) is 5.92 Å². The fourth-order valence-electron chi connectivity index (χ4n) is 3.64. The van der Waals surface area contributed by atoms with E-state index in [2.05, 4.69) is 0 Å². The Balaban J connectivity index is 2.07. The smallest absolute Gasteiger partial charge is 0.295 e. The Labute approximate surface area is 193 Å². The lowest BCUT2D eigenvalue weighted by atomic mass is 9.95. The highest BCUT2D eigenvalue weighted by Gasteiger charge is 2.46. The van der Waals surface area contributed by atoms with E-state index in [1.807, 2.05) is 13.8 Å². The van der Waals surface area contributed by atoms with Gasteiger partial charge in [0.1, 0.15) is 11.5 Å². The summed E-state index contributed by atoms with van der Waals surface area (Å²) in [6.45, 7) is 5.00. The standard InChI is InChI=1S/C25H29NO7/c1-15(2)14-33-18-8-5-16(6-9-18)23(28)21-22(17-7-10-19(27)20(13-17)32-4)26(11-12-31-3)25(30)24(21)29/h5-10,13,15,22,27-28H,11-12,14H2,1-4H3/b23-21-. The summed E-state index contributed by atoms with van der Waals surface area (Å²) in [5.74, 6) is -0.698. The molecule has 3 rings (SSSR count). The van der Waals surface area contributed by atoms with Gasteiger partial charge in [0.2, 0.25) is 0 Å². The van der Waals surface area contributed by atoms with Crippen molar-refractivity contribution >= 4 is 17.4 Å². The first-order chi connectivity index (χ1) is 15.8. The van der Waals surface area contributed by atoms with E-state index in [1.165, 1.54) is 25.2 Å². The fourth-order valence-corrected chi connectivity index (χ4v) is 3.64. The predicted octanol–water partition coefficient (Wildman–Crippen LogP) is 3.50. The zero-order valence-electron chi connectivity index (χ0n) is 19.2. The van der Waals surface area contributed by atoms with Crippen molar-refractivity contribution in [1.29, 1.82) is 0 Å². The molecule has 8 nitrogen and oxygen atoms in total. The number of phenolic OH excluding ortho intramolecular Hbond substituents is 1. The van der Waals surface area contributed by atoms with E-state index >= 15 is 0 Å². The molecule has 1 unspecified atom stereocenters. The lowest BCUT2D eigenvalue weighted by molar-refractivity contribution is -0.140. The lowest BCUT2D eigenvalue weighted by Gasteiger charge is -2.25. The number of aliphatic hydroxyl groups excluding tert-OH is 1. The second-order valence-corrected chi connectivity index (χ2v) is 8.15. The van der Waals surface area contributed by atoms with Crippen molar-refractivity contribution < 1.29 is 34.0 Å². The largest absolute Gasteiger partial charge is 0.507 e. The highest BCUT2D eigenvalue weighted by atomic mass is 16.5. The van der Waals surface area contributed by atoms with E-state index in [1.54, 1.807) is 36.4 Å². The number of aromatic hydroxyl groups is 1. The number of Topliss-reactive ketones (excluding diaryl/α,β-unsaturated/α-hetero) is 1. The van der Waals surface area contributed by atoms with Crippen LogP contribution in [0.2, 0.25) is 0 Å². The van der Waals surface area contributed by atoms with Crippen LogP contribution in [-0.2, 0) is 14.3 Å². The predicted molar refractivity (Wildman–Crippen MR) is 122 cm³/mol. The maximum Gasteiger partial charge on any atom is 0.295 e. The normalized spacial score (nSPS) is 17.6. The molecule has 176 valence electrons. The molecule has 1 aliphatic rings. The van der Waals surface area contributed by atoms with Crippen LogP contribution in [0.3, 0.4) is 0 Å². The third kappa shape index (κ3) is 5.12. The van der Waals surface area contributed by atoms with Crippen LogP contribution >= 0.6 is 0 Å². The number of phenols is 1. The van der Waals surface area contributed by atoms with Gasteiger partial charge in [0.05, 0.1) is 31.9 Å². The Hall–Kier alpha value is -3.52. The van der Waals surface area contributed by atoms with Crippen LogP contribution in [0.4, 0.5) is 0 Å². The summed E-state index contributed by atoms with van der Waals surface area (Å²) in [5.41, 5.74) is 0.852. The summed E-state index contributed by atoms with van der Waals surface area (Å²) >= 11 is 0. The molecule has 1 aliphatic heterocycles. The van der Waals surface area contributed by atoms with E-state index in [4.69, 9.17) is 14.2 Å². The molecule has 0 bridgehead atoms. The van der Waals surface area contributed by atoms with E-state index in [9.17, 15) is 19.8 Å². The molecule has 1 atom stereocenters. The summed E-state index contributed by atoms with van der Waals surface area (Å²) in [7, 11) is 2.90. The van der Waals surface area contributed by atoms with Gasteiger partial charge in [-0.3, -0.25) is 9.59 Å². The second-order valence-electron chi connectivity index (χ2n) is 8.15. The van der Waals surface area contributed by atoms with Crippen LogP contribution in [0.25, 0.3) is 5.76 Å². The highest BCUT2D eigenvalue weighted by molar-refractivity contribution is 6.46. The number of rotatable bonds is 9. The lowest BCUT2D eigenvalue weighted by Crippen LogP contribution is -2.32. The molecule has 0 saturated carbocycles. The van der Waals surface area contributed by atoms with Crippen LogP contribution in [-0.4, -0.2) is 60.8 Å². The van der Waals surface area contributed by atoms with Crippen molar-refractivity contribution in [2.45, 2.75) is 19.9 Å². The number of hydrogen-bond donors (Lipinski definition) is 2. The number of aliphatic hydroxyl groups is 1. The van der Waals surface area contributed by atoms with Gasteiger partial charge in [-0.25, -0.2) is 0 Å². The van der Waals surface area contributed by atoms with Gasteiger partial charge in [0.25, 0.3) is 11.7 Å². The molecular formula is C25H29NO7. The molecule has 2 aromatic carbocycles. The van der Waals surface area contributed by atoms with E-state index in [0.29, 0.717) is 29.4 Å². The molecule has 33 heavy (non-hydrogen) atoms. The van der Waals surface area contributed by atoms with Crippen LogP contribution in [0.15, 0.2) is 48.0 Å². The number of likely N-dealkylation sites (tertiary alicyclic amines) is 1. The molecule has 0 aromatic heterocycles. The first-order valence-corrected chi connectivity index (χ1v) is 10.7. The van der Waals surface area contributed by atoms with Crippen molar-refractivity contribution in [2.75, 3.05) is 34.0 Å². The number of methoxy groups -OCH3 is 2. The highest BCUT2D eigenvalue weighted by Crippen LogP contribution is 2.41. The van der Waals surface area contributed by atoms with Crippen molar-refractivity contribution in [1.82, 2.24) is 4.90 Å². The van der Waals surface area contributed by atoms with Crippen molar-refractivity contribution in [3.63, 3.8) is 0 Å². The number of amides is 1. The molecule has 8 heteroatoms. The zero-order chi connectivity index (χ0) is 24.1. The number of carbonyl (C=O) groups is 2. The first kappa shape index (κ1) is 24.1. The molecule has 0 radical (unpaired) electrons. The summed E-state index contributed by atoms with van der Waals surface area (Å²) in [6, 6.07) is 10.4. The Morgan fingerprint density at radius 1 is 1.09 bits per heavy atom. The number of ketones is 1. The summed E-state index contributed by atoms with van der Waals surface area (Å²) in [5, 5.41) is 21.1. The molecule has 1 saturated heterocycles. The van der Waals surface area contributed by atoms with E-state index in [0.717, 1.165) is 0 Å². The van der Waals surface area contributed by atoms with Crippen molar-refractivity contribution in [3.05, 3.63) is 59.2 Å². The summed E-state index contributed by atoms with van der Waals surface area (Å²) in [4.78, 5) is 27.2. The van der Waals surface area contributed by atoms with Crippen LogP contribution < -0.4 is 9.47 Å². The molecule has 1 heterocycles. The topological polar surface area (TPSA) is 106 Å². The van der Waals surface area contributed by atoms with Crippen LogP contribution in [0.5, 0.6) is 17.2 Å². The number of carbonyl (C=O) groups excluding carboxylic acids is 2. The minimum Gasteiger partial charge on any atom is -0.507 e. The van der Waals surface area contributed by atoms with Gasteiger partial charge >= 0.3 is 0 Å². The molecule has 0 aliphatic carbocycles. The Kier molecular flexibility index (Phi) is 7.60. The minimum atomic E-state index is -0.869. The average Bonchev–Trinajstić information content (AvgIpc) is 3.06. The molecule has 0 spiro atoms. The molecule has 2 N–H and O–H groups in total. The molecular weight excluding hydrogens is 426 g/mol. The molecule has 1 fully saturated rings. The monoisotopic (exact) mass is 455 g/mol. The minimum absolute atomic E-state index is 0.0419. The second kappa shape index (κ2) is 10.4. The number of benzene rings is 2. The maximum absolute atomic E-state index is 13.0. The van der Waals surface area contributed by atoms with Gasteiger partial charge in [-0.15, -0.1) is 0 Å². The zero-order valence-corrected chi connectivity index (χ0v) is 19.2. The average molecular weight is 456 g/mol. The van der Waals surface area contributed by atoms with Crippen LogP contribution in [0, 0.1) is 5.92 Å². The quantitative estimate of drug-likeness (QED) is 0.339. The van der Waals surface area contributed by atoms with Gasteiger partial charge in [-0.05, 0) is 47.9 Å². The third-order valence-electron chi connectivity index (χ3n) is 5.31. The van der Waals surface area contributed by atoms with Gasteiger partial charge in [0.15, 0.2) is 11.5 Å². The molecule has 2 aromatic rings. The van der Waals surface area contributed by atoms with E-state index < -0.39 is 17.7 Å². The Morgan fingerprint density at radius 2 is 1.79 bits per heavy atom.